The second kappa shape index (κ2) is 6.02. The molecule has 0 aliphatic rings. The van der Waals surface area contributed by atoms with Crippen molar-refractivity contribution >= 4 is 27.3 Å². The van der Waals surface area contributed by atoms with Crippen LogP contribution < -0.4 is 10.6 Å². The van der Waals surface area contributed by atoms with Crippen molar-refractivity contribution in [2.75, 3.05) is 24.2 Å². The summed E-state index contributed by atoms with van der Waals surface area (Å²) in [5.74, 6) is -0.306. The summed E-state index contributed by atoms with van der Waals surface area (Å²) >= 11 is 3.12. The topological polar surface area (TPSA) is 42.2 Å². The zero-order valence-corrected chi connectivity index (χ0v) is 12.2. The van der Waals surface area contributed by atoms with E-state index >= 15 is 0 Å². The normalized spacial score (nSPS) is 10.5. The Bertz CT molecular complexity index is 560. The molecule has 19 heavy (non-hydrogen) atoms. The molecule has 0 aliphatic carbocycles. The van der Waals surface area contributed by atoms with Gasteiger partial charge in [0.1, 0.15) is 5.82 Å². The van der Waals surface area contributed by atoms with E-state index < -0.39 is 0 Å². The number of nitrogens with two attached hydrogens (primary N) is 1. The van der Waals surface area contributed by atoms with Gasteiger partial charge >= 0.3 is 0 Å². The number of aromatic nitrogens is 1. The van der Waals surface area contributed by atoms with Gasteiger partial charge in [-0.15, -0.1) is 0 Å². The Balaban J connectivity index is 2.08. The van der Waals surface area contributed by atoms with Gasteiger partial charge in [-0.1, -0.05) is 0 Å². The zero-order chi connectivity index (χ0) is 13.8. The minimum absolute atomic E-state index is 0.306. The van der Waals surface area contributed by atoms with Gasteiger partial charge < -0.3 is 10.6 Å². The molecule has 2 rings (SSSR count). The maximum absolute atomic E-state index is 13.5. The van der Waals surface area contributed by atoms with Gasteiger partial charge in [0.2, 0.25) is 0 Å². The van der Waals surface area contributed by atoms with E-state index in [9.17, 15) is 4.39 Å². The lowest BCUT2D eigenvalue weighted by Crippen LogP contribution is -2.21. The van der Waals surface area contributed by atoms with Gasteiger partial charge in [-0.25, -0.2) is 4.39 Å². The van der Waals surface area contributed by atoms with E-state index in [1.54, 1.807) is 18.5 Å². The van der Waals surface area contributed by atoms with Gasteiger partial charge in [0.25, 0.3) is 0 Å². The highest BCUT2D eigenvalue weighted by Gasteiger charge is 2.10. The van der Waals surface area contributed by atoms with Crippen LogP contribution in [0.3, 0.4) is 0 Å². The molecule has 2 aromatic rings. The lowest BCUT2D eigenvalue weighted by atomic mass is 10.2. The first kappa shape index (κ1) is 13.8. The second-order valence-corrected chi connectivity index (χ2v) is 5.21. The highest BCUT2D eigenvalue weighted by molar-refractivity contribution is 9.10. The maximum atomic E-state index is 13.5. The molecule has 0 atom stereocenters. The number of hydrogen-bond donors (Lipinski definition) is 1. The van der Waals surface area contributed by atoms with Gasteiger partial charge in [0.15, 0.2) is 0 Å². The van der Waals surface area contributed by atoms with Crippen molar-refractivity contribution in [1.29, 1.82) is 0 Å². The molecular weight excluding hydrogens is 309 g/mol. The van der Waals surface area contributed by atoms with Gasteiger partial charge in [-0.3, -0.25) is 4.98 Å². The number of likely N-dealkylation sites (N-methyl/N-ethyl adjacent to an activating group) is 1. The van der Waals surface area contributed by atoms with Crippen molar-refractivity contribution in [3.8, 4) is 0 Å². The molecule has 0 saturated heterocycles. The first-order valence-corrected chi connectivity index (χ1v) is 6.72. The van der Waals surface area contributed by atoms with Gasteiger partial charge in [-0.05, 0) is 46.1 Å². The number of benzene rings is 1. The number of anilines is 2. The third-order valence-electron chi connectivity index (χ3n) is 2.97. The van der Waals surface area contributed by atoms with Gasteiger partial charge in [0.05, 0.1) is 15.8 Å². The Kier molecular flexibility index (Phi) is 4.37. The molecule has 0 spiro atoms. The zero-order valence-electron chi connectivity index (χ0n) is 10.6. The standard InChI is InChI=1S/C14H15BrFN3/c1-19(7-4-10-2-5-18-6-3-10)14-9-12(16)11(15)8-13(14)17/h2-3,5-6,8-9H,4,7,17H2,1H3. The van der Waals surface area contributed by atoms with Gasteiger partial charge in [-0.2, -0.15) is 0 Å². The molecule has 3 nitrogen and oxygen atoms in total. The van der Waals surface area contributed by atoms with Crippen LogP contribution in [0.1, 0.15) is 5.56 Å². The van der Waals surface area contributed by atoms with Crippen LogP contribution in [0.4, 0.5) is 15.8 Å². The van der Waals surface area contributed by atoms with Crippen LogP contribution in [-0.2, 0) is 6.42 Å². The van der Waals surface area contributed by atoms with Crippen LogP contribution >= 0.6 is 15.9 Å². The molecule has 5 heteroatoms. The van der Waals surface area contributed by atoms with Crippen molar-refractivity contribution in [2.45, 2.75) is 6.42 Å². The highest BCUT2D eigenvalue weighted by atomic mass is 79.9. The minimum Gasteiger partial charge on any atom is -0.397 e. The summed E-state index contributed by atoms with van der Waals surface area (Å²) < 4.78 is 13.9. The predicted molar refractivity (Wildman–Crippen MR) is 79.7 cm³/mol. The Morgan fingerprint density at radius 1 is 1.32 bits per heavy atom. The molecule has 0 saturated carbocycles. The number of nitrogen functional groups attached to an aromatic ring is 1. The maximum Gasteiger partial charge on any atom is 0.139 e. The summed E-state index contributed by atoms with van der Waals surface area (Å²) in [4.78, 5) is 5.93. The average Bonchev–Trinajstić information content (AvgIpc) is 2.41. The number of rotatable bonds is 4. The van der Waals surface area contributed by atoms with Crippen LogP contribution in [0.15, 0.2) is 41.1 Å². The molecule has 1 heterocycles. The van der Waals surface area contributed by atoms with E-state index in [2.05, 4.69) is 20.9 Å². The van der Waals surface area contributed by atoms with Crippen molar-refractivity contribution in [3.63, 3.8) is 0 Å². The number of halogens is 2. The Labute approximate surface area is 120 Å². The summed E-state index contributed by atoms with van der Waals surface area (Å²) in [6.07, 6.45) is 4.39. The summed E-state index contributed by atoms with van der Waals surface area (Å²) in [7, 11) is 1.90. The highest BCUT2D eigenvalue weighted by Crippen LogP contribution is 2.28. The fraction of sp³-hybridized carbons (Fsp3) is 0.214. The average molecular weight is 324 g/mol. The lowest BCUT2D eigenvalue weighted by molar-refractivity contribution is 0.620. The molecule has 0 radical (unpaired) electrons. The third-order valence-corrected chi connectivity index (χ3v) is 3.57. The van der Waals surface area contributed by atoms with Gasteiger partial charge in [0, 0.05) is 32.1 Å². The van der Waals surface area contributed by atoms with E-state index in [1.807, 2.05) is 24.1 Å². The number of nitrogens with zero attached hydrogens (tertiary/aromatic N) is 2. The SMILES string of the molecule is CN(CCc1ccncc1)c1cc(F)c(Br)cc1N. The van der Waals surface area contributed by atoms with Crippen LogP contribution in [0.25, 0.3) is 0 Å². The molecule has 0 unspecified atom stereocenters. The summed E-state index contributed by atoms with van der Waals surface area (Å²) in [5, 5.41) is 0. The monoisotopic (exact) mass is 323 g/mol. The van der Waals surface area contributed by atoms with E-state index in [0.717, 1.165) is 13.0 Å². The van der Waals surface area contributed by atoms with E-state index in [0.29, 0.717) is 15.8 Å². The Morgan fingerprint density at radius 3 is 2.68 bits per heavy atom. The summed E-state index contributed by atoms with van der Waals surface area (Å²) in [6.45, 7) is 0.759. The first-order chi connectivity index (χ1) is 9.08. The third kappa shape index (κ3) is 3.44. The van der Waals surface area contributed by atoms with Crippen LogP contribution in [-0.4, -0.2) is 18.6 Å². The van der Waals surface area contributed by atoms with Crippen molar-refractivity contribution in [2.24, 2.45) is 0 Å². The van der Waals surface area contributed by atoms with Crippen molar-refractivity contribution in [3.05, 3.63) is 52.5 Å². The molecule has 2 N–H and O–H groups in total. The van der Waals surface area contributed by atoms with E-state index in [-0.39, 0.29) is 5.82 Å². The number of pyridine rings is 1. The van der Waals surface area contributed by atoms with Crippen molar-refractivity contribution < 1.29 is 4.39 Å². The number of hydrogen-bond acceptors (Lipinski definition) is 3. The molecule has 0 fully saturated rings. The molecule has 0 amide bonds. The largest absolute Gasteiger partial charge is 0.397 e. The van der Waals surface area contributed by atoms with Crippen LogP contribution in [0.5, 0.6) is 0 Å². The molecule has 0 aliphatic heterocycles. The molecule has 100 valence electrons. The minimum atomic E-state index is -0.306. The van der Waals surface area contributed by atoms with Crippen LogP contribution in [0.2, 0.25) is 0 Å². The smallest absolute Gasteiger partial charge is 0.139 e. The molecule has 1 aromatic heterocycles. The van der Waals surface area contributed by atoms with E-state index in [4.69, 9.17) is 5.73 Å². The first-order valence-electron chi connectivity index (χ1n) is 5.92. The second-order valence-electron chi connectivity index (χ2n) is 4.35. The fourth-order valence-electron chi connectivity index (χ4n) is 1.85. The summed E-state index contributed by atoms with van der Waals surface area (Å²) in [5.41, 5.74) is 8.37. The molecule has 0 bridgehead atoms. The van der Waals surface area contributed by atoms with Crippen molar-refractivity contribution in [1.82, 2.24) is 4.98 Å². The Morgan fingerprint density at radius 2 is 2.00 bits per heavy atom. The lowest BCUT2D eigenvalue weighted by Gasteiger charge is -2.21. The molecular formula is C14H15BrFN3. The predicted octanol–water partition coefficient (Wildman–Crippen LogP) is 3.24. The molecule has 1 aromatic carbocycles. The van der Waals surface area contributed by atoms with E-state index in [1.165, 1.54) is 11.6 Å². The Hall–Kier alpha value is -1.62. The fourth-order valence-corrected chi connectivity index (χ4v) is 2.21. The van der Waals surface area contributed by atoms with Crippen LogP contribution in [0, 0.1) is 5.82 Å². The summed E-state index contributed by atoms with van der Waals surface area (Å²) in [6, 6.07) is 6.98. The quantitative estimate of drug-likeness (QED) is 0.878.